The molecule has 7 nitrogen and oxygen atoms in total. The van der Waals surface area contributed by atoms with E-state index in [1.807, 2.05) is 0 Å². The van der Waals surface area contributed by atoms with Gasteiger partial charge >= 0.3 is 5.97 Å². The zero-order valence-electron chi connectivity index (χ0n) is 11.9. The van der Waals surface area contributed by atoms with Crippen molar-refractivity contribution in [1.29, 1.82) is 0 Å². The summed E-state index contributed by atoms with van der Waals surface area (Å²) in [6.07, 6.45) is 0.507. The molecule has 1 heterocycles. The number of pyridine rings is 1. The lowest BCUT2D eigenvalue weighted by molar-refractivity contribution is -0.137. The second kappa shape index (κ2) is 6.29. The summed E-state index contributed by atoms with van der Waals surface area (Å²) >= 11 is 0. The molecule has 0 atom stereocenters. The van der Waals surface area contributed by atoms with Crippen molar-refractivity contribution in [3.05, 3.63) is 40.7 Å². The van der Waals surface area contributed by atoms with Crippen LogP contribution >= 0.6 is 0 Å². The van der Waals surface area contributed by atoms with Crippen LogP contribution in [-0.4, -0.2) is 41.9 Å². The van der Waals surface area contributed by atoms with Gasteiger partial charge in [0.15, 0.2) is 0 Å². The number of hydrogen-bond acceptors (Lipinski definition) is 4. The SMILES string of the molecule is CCCN(CC(=O)O)S(=O)(=O)c1ccc2[nH]c(=O)ccc2c1. The Morgan fingerprint density at radius 2 is 2.00 bits per heavy atom. The van der Waals surface area contributed by atoms with E-state index in [1.54, 1.807) is 6.92 Å². The predicted octanol–water partition coefficient (Wildman–Crippen LogP) is 1.01. The number of benzene rings is 1. The fraction of sp³-hybridized carbons (Fsp3) is 0.286. The molecule has 2 aromatic rings. The first-order chi connectivity index (χ1) is 10.3. The number of carboxylic acids is 1. The molecule has 0 fully saturated rings. The van der Waals surface area contributed by atoms with Gasteiger partial charge in [0, 0.05) is 18.1 Å². The van der Waals surface area contributed by atoms with Crippen molar-refractivity contribution in [3.63, 3.8) is 0 Å². The van der Waals surface area contributed by atoms with Crippen molar-refractivity contribution >= 4 is 26.9 Å². The molecule has 0 unspecified atom stereocenters. The van der Waals surface area contributed by atoms with Crippen molar-refractivity contribution in [1.82, 2.24) is 9.29 Å². The maximum absolute atomic E-state index is 12.6. The van der Waals surface area contributed by atoms with Crippen molar-refractivity contribution in [2.45, 2.75) is 18.2 Å². The van der Waals surface area contributed by atoms with Gasteiger partial charge < -0.3 is 10.1 Å². The van der Waals surface area contributed by atoms with Crippen LogP contribution in [0.4, 0.5) is 0 Å². The number of carbonyl (C=O) groups is 1. The summed E-state index contributed by atoms with van der Waals surface area (Å²) in [7, 11) is -3.90. The minimum atomic E-state index is -3.90. The first kappa shape index (κ1) is 16.2. The number of hydrogen-bond donors (Lipinski definition) is 2. The zero-order valence-corrected chi connectivity index (χ0v) is 12.8. The lowest BCUT2D eigenvalue weighted by Gasteiger charge is -2.19. The molecule has 0 spiro atoms. The van der Waals surface area contributed by atoms with Gasteiger partial charge in [0.2, 0.25) is 15.6 Å². The van der Waals surface area contributed by atoms with Crippen LogP contribution in [0.3, 0.4) is 0 Å². The van der Waals surface area contributed by atoms with E-state index in [-0.39, 0.29) is 17.0 Å². The molecule has 22 heavy (non-hydrogen) atoms. The third-order valence-electron chi connectivity index (χ3n) is 3.12. The molecule has 0 saturated heterocycles. The van der Waals surface area contributed by atoms with Gasteiger partial charge in [0.1, 0.15) is 6.54 Å². The molecule has 8 heteroatoms. The minimum Gasteiger partial charge on any atom is -0.480 e. The molecule has 1 aromatic heterocycles. The van der Waals surface area contributed by atoms with Crippen LogP contribution in [0.15, 0.2) is 40.0 Å². The zero-order chi connectivity index (χ0) is 16.3. The number of sulfonamides is 1. The Balaban J connectivity index is 2.49. The molecular formula is C14H16N2O5S. The number of fused-ring (bicyclic) bond motifs is 1. The molecule has 118 valence electrons. The Labute approximate surface area is 127 Å². The molecule has 1 aromatic carbocycles. The Kier molecular flexibility index (Phi) is 4.62. The topological polar surface area (TPSA) is 108 Å². The highest BCUT2D eigenvalue weighted by Crippen LogP contribution is 2.20. The molecule has 0 radical (unpaired) electrons. The highest BCUT2D eigenvalue weighted by Gasteiger charge is 2.26. The van der Waals surface area contributed by atoms with Gasteiger partial charge in [-0.05, 0) is 36.1 Å². The number of carboxylic acid groups (broad SMARTS) is 1. The normalized spacial score (nSPS) is 11.9. The average Bonchev–Trinajstić information content (AvgIpc) is 2.45. The summed E-state index contributed by atoms with van der Waals surface area (Å²) in [5.74, 6) is -1.21. The van der Waals surface area contributed by atoms with Gasteiger partial charge in [0.25, 0.3) is 0 Å². The van der Waals surface area contributed by atoms with Crippen LogP contribution in [0.2, 0.25) is 0 Å². The Bertz CT molecular complexity index is 857. The monoisotopic (exact) mass is 324 g/mol. The van der Waals surface area contributed by atoms with E-state index in [9.17, 15) is 18.0 Å². The van der Waals surface area contributed by atoms with Crippen LogP contribution in [0.1, 0.15) is 13.3 Å². The average molecular weight is 324 g/mol. The van der Waals surface area contributed by atoms with E-state index >= 15 is 0 Å². The van der Waals surface area contributed by atoms with Gasteiger partial charge in [-0.25, -0.2) is 8.42 Å². The molecule has 0 aliphatic heterocycles. The summed E-state index contributed by atoms with van der Waals surface area (Å²) in [6, 6.07) is 7.10. The van der Waals surface area contributed by atoms with E-state index in [2.05, 4.69) is 4.98 Å². The molecule has 0 amide bonds. The van der Waals surface area contributed by atoms with Gasteiger partial charge in [-0.3, -0.25) is 9.59 Å². The lowest BCUT2D eigenvalue weighted by Crippen LogP contribution is -2.36. The van der Waals surface area contributed by atoms with Gasteiger partial charge in [-0.15, -0.1) is 0 Å². The highest BCUT2D eigenvalue weighted by atomic mass is 32.2. The lowest BCUT2D eigenvalue weighted by atomic mass is 10.2. The number of aromatic nitrogens is 1. The fourth-order valence-electron chi connectivity index (χ4n) is 2.13. The number of nitrogens with zero attached hydrogens (tertiary/aromatic N) is 1. The smallest absolute Gasteiger partial charge is 0.318 e. The van der Waals surface area contributed by atoms with Crippen molar-refractivity contribution < 1.29 is 18.3 Å². The second-order valence-corrected chi connectivity index (χ2v) is 6.74. The number of rotatable bonds is 6. The Morgan fingerprint density at radius 3 is 2.64 bits per heavy atom. The van der Waals surface area contributed by atoms with E-state index in [1.165, 1.54) is 30.3 Å². The standard InChI is InChI=1S/C14H16N2O5S/c1-2-7-16(9-14(18)19)22(20,21)11-4-5-12-10(8-11)3-6-13(17)15-12/h3-6,8H,2,7,9H2,1H3,(H,15,17)(H,18,19). The third-order valence-corrected chi connectivity index (χ3v) is 4.96. The van der Waals surface area contributed by atoms with E-state index in [0.717, 1.165) is 4.31 Å². The number of nitrogens with one attached hydrogen (secondary N) is 1. The van der Waals surface area contributed by atoms with Gasteiger partial charge in [0.05, 0.1) is 4.90 Å². The van der Waals surface area contributed by atoms with Crippen molar-refractivity contribution in [2.24, 2.45) is 0 Å². The second-order valence-electron chi connectivity index (χ2n) is 4.80. The summed E-state index contributed by atoms with van der Waals surface area (Å²) in [6.45, 7) is 1.31. The Hall–Kier alpha value is -2.19. The number of H-pyrrole nitrogens is 1. The van der Waals surface area contributed by atoms with E-state index < -0.39 is 22.5 Å². The van der Waals surface area contributed by atoms with Crippen molar-refractivity contribution in [3.8, 4) is 0 Å². The first-order valence-corrected chi connectivity index (χ1v) is 8.13. The molecule has 0 aliphatic carbocycles. The summed E-state index contributed by atoms with van der Waals surface area (Å²) in [5, 5.41) is 9.44. The summed E-state index contributed by atoms with van der Waals surface area (Å²) in [5.41, 5.74) is 0.244. The maximum Gasteiger partial charge on any atom is 0.318 e. The number of aliphatic carboxylic acids is 1. The highest BCUT2D eigenvalue weighted by molar-refractivity contribution is 7.89. The summed E-state index contributed by atoms with van der Waals surface area (Å²) < 4.78 is 26.1. The van der Waals surface area contributed by atoms with Crippen LogP contribution in [-0.2, 0) is 14.8 Å². The van der Waals surface area contributed by atoms with Gasteiger partial charge in [-0.1, -0.05) is 6.92 Å². The van der Waals surface area contributed by atoms with Crippen LogP contribution < -0.4 is 5.56 Å². The minimum absolute atomic E-state index is 0.00162. The molecule has 0 aliphatic rings. The largest absolute Gasteiger partial charge is 0.480 e. The molecular weight excluding hydrogens is 308 g/mol. The van der Waals surface area contributed by atoms with Crippen LogP contribution in [0, 0.1) is 0 Å². The molecule has 0 bridgehead atoms. The van der Waals surface area contributed by atoms with E-state index in [4.69, 9.17) is 5.11 Å². The van der Waals surface area contributed by atoms with Gasteiger partial charge in [-0.2, -0.15) is 4.31 Å². The van der Waals surface area contributed by atoms with Crippen LogP contribution in [0.5, 0.6) is 0 Å². The number of aromatic amines is 1. The maximum atomic E-state index is 12.6. The van der Waals surface area contributed by atoms with Crippen LogP contribution in [0.25, 0.3) is 10.9 Å². The van der Waals surface area contributed by atoms with Crippen molar-refractivity contribution in [2.75, 3.05) is 13.1 Å². The molecule has 2 N–H and O–H groups in total. The first-order valence-electron chi connectivity index (χ1n) is 6.69. The third kappa shape index (κ3) is 3.34. The van der Waals surface area contributed by atoms with E-state index in [0.29, 0.717) is 17.3 Å². The molecule has 2 rings (SSSR count). The summed E-state index contributed by atoms with van der Waals surface area (Å²) in [4.78, 5) is 24.7. The quantitative estimate of drug-likeness (QED) is 0.824. The predicted molar refractivity (Wildman–Crippen MR) is 81.3 cm³/mol. The fourth-order valence-corrected chi connectivity index (χ4v) is 3.64. The Morgan fingerprint density at radius 1 is 1.27 bits per heavy atom. The molecule has 0 saturated carbocycles.